The Balaban J connectivity index is 3.28. The number of carbonyl (C=O) groups excluding carboxylic acids is 1. The highest BCUT2D eigenvalue weighted by Gasteiger charge is 2.50. The fourth-order valence-corrected chi connectivity index (χ4v) is 8.42. The van der Waals surface area contributed by atoms with Gasteiger partial charge in [-0.3, -0.25) is 14.6 Å². The molecule has 0 spiro atoms. The number of pyridine rings is 1. The second kappa shape index (κ2) is 18.7. The van der Waals surface area contributed by atoms with Crippen molar-refractivity contribution in [2.45, 2.75) is 169 Å². The van der Waals surface area contributed by atoms with Crippen molar-refractivity contribution < 1.29 is 33.0 Å². The van der Waals surface area contributed by atoms with Crippen molar-refractivity contribution in [3.63, 3.8) is 0 Å². The summed E-state index contributed by atoms with van der Waals surface area (Å²) in [4.78, 5) is 31.0. The van der Waals surface area contributed by atoms with Crippen LogP contribution in [0, 0.1) is 17.3 Å². The van der Waals surface area contributed by atoms with Crippen LogP contribution in [0.15, 0.2) is 41.9 Å². The average Bonchev–Trinajstić information content (AvgIpc) is 2.98. The Morgan fingerprint density at radius 1 is 0.980 bits per heavy atom. The minimum Gasteiger partial charge on any atom is -0.481 e. The lowest BCUT2D eigenvalue weighted by molar-refractivity contribution is -0.147. The number of aliphatic carboxylic acids is 1. The summed E-state index contributed by atoms with van der Waals surface area (Å²) in [6.07, 6.45) is 5.30. The zero-order chi connectivity index (χ0) is 38.9. The third kappa shape index (κ3) is 13.5. The molecule has 0 saturated carbocycles. The highest BCUT2D eigenvalue weighted by molar-refractivity contribution is 6.74. The molecule has 50 heavy (non-hydrogen) atoms. The van der Waals surface area contributed by atoms with E-state index in [1.807, 2.05) is 33.8 Å². The van der Waals surface area contributed by atoms with E-state index in [1.165, 1.54) is 6.08 Å². The maximum Gasteiger partial charge on any atom is 0.305 e. The second-order valence-corrected chi connectivity index (χ2v) is 27.4. The van der Waals surface area contributed by atoms with Gasteiger partial charge in [-0.05, 0) is 99.4 Å². The Hall–Kier alpha value is -1.99. The van der Waals surface area contributed by atoms with Crippen molar-refractivity contribution in [3.05, 3.63) is 47.6 Å². The molecule has 1 aromatic heterocycles. The maximum atomic E-state index is 14.7. The van der Waals surface area contributed by atoms with Crippen LogP contribution in [0.5, 0.6) is 0 Å². The number of Topliss-reactive ketones (excluding diaryl/α,β-unsaturated/α-hetero) is 1. The van der Waals surface area contributed by atoms with Crippen LogP contribution in [0.3, 0.4) is 0 Å². The Morgan fingerprint density at radius 2 is 1.54 bits per heavy atom. The first-order valence-electron chi connectivity index (χ1n) is 18.4. The van der Waals surface area contributed by atoms with E-state index in [-0.39, 0.29) is 40.7 Å². The van der Waals surface area contributed by atoms with E-state index in [0.29, 0.717) is 12.1 Å². The van der Waals surface area contributed by atoms with E-state index in [9.17, 15) is 24.2 Å². The molecular formula is C40H70FNO6Si2. The fourth-order valence-electron chi connectivity index (χ4n) is 5.54. The number of rotatable bonds is 20. The van der Waals surface area contributed by atoms with E-state index in [2.05, 4.69) is 79.6 Å². The fraction of sp³-hybridized carbons (Fsp3) is 0.725. The molecule has 286 valence electrons. The highest BCUT2D eigenvalue weighted by Crippen LogP contribution is 2.44. The topological polar surface area (TPSA) is 106 Å². The lowest BCUT2D eigenvalue weighted by Gasteiger charge is -2.47. The molecule has 0 amide bonds. The van der Waals surface area contributed by atoms with Crippen molar-refractivity contribution in [1.29, 1.82) is 0 Å². The number of carboxylic acids is 1. The molecule has 0 aliphatic heterocycles. The lowest BCUT2D eigenvalue weighted by Crippen LogP contribution is -2.54. The number of hydrogen-bond acceptors (Lipinski definition) is 6. The van der Waals surface area contributed by atoms with Gasteiger partial charge < -0.3 is 19.1 Å². The molecule has 5 atom stereocenters. The van der Waals surface area contributed by atoms with Gasteiger partial charge in [0.15, 0.2) is 16.6 Å². The molecule has 1 heterocycles. The predicted molar refractivity (Wildman–Crippen MR) is 210 cm³/mol. The number of aliphatic hydroxyl groups is 1. The first-order valence-corrected chi connectivity index (χ1v) is 24.2. The van der Waals surface area contributed by atoms with Crippen LogP contribution in [-0.4, -0.2) is 61.9 Å². The van der Waals surface area contributed by atoms with Crippen molar-refractivity contribution in [2.24, 2.45) is 17.3 Å². The molecule has 7 nitrogen and oxygen atoms in total. The standard InChI is InChI=1S/C40H70FNO6Si2/c1-16-31(37(46)40(10,11)34(27-35(44)45)47-49(12,13)38(4,5)6)36(48-50(14,15)39(7,8)9)29(3)21-19-20-28(2)23-24-33(43)32(41)26-30-22-17-18-25-42-30/h17-18,22-23,25-26,29,31,33-34,36,43H,16,19-21,24,27H2,1-15H3,(H,44,45)/b28-23+,32-26+/t29-,31+,33-,34-,36-/m0/s1. The molecule has 1 rings (SSSR count). The van der Waals surface area contributed by atoms with Crippen LogP contribution in [0.25, 0.3) is 6.08 Å². The van der Waals surface area contributed by atoms with E-state index < -0.39 is 52.0 Å². The van der Waals surface area contributed by atoms with Crippen LogP contribution in [0.4, 0.5) is 4.39 Å². The molecule has 0 radical (unpaired) electrons. The molecule has 0 unspecified atom stereocenters. The Morgan fingerprint density at radius 3 is 2.02 bits per heavy atom. The first-order chi connectivity index (χ1) is 22.7. The summed E-state index contributed by atoms with van der Waals surface area (Å²) >= 11 is 0. The second-order valence-electron chi connectivity index (χ2n) is 17.9. The molecule has 2 N–H and O–H groups in total. The summed E-state index contributed by atoms with van der Waals surface area (Å²) in [5, 5.41) is 20.1. The monoisotopic (exact) mass is 735 g/mol. The van der Waals surface area contributed by atoms with Gasteiger partial charge in [0, 0.05) is 17.5 Å². The molecule has 0 aliphatic rings. The number of aliphatic hydroxyl groups excluding tert-OH is 1. The summed E-state index contributed by atoms with van der Waals surface area (Å²) < 4.78 is 28.4. The molecule has 1 aromatic rings. The molecule has 0 fully saturated rings. The quantitative estimate of drug-likeness (QED) is 0.101. The average molecular weight is 736 g/mol. The van der Waals surface area contributed by atoms with Gasteiger partial charge in [-0.1, -0.05) is 87.0 Å². The van der Waals surface area contributed by atoms with Gasteiger partial charge in [0.05, 0.1) is 24.3 Å². The van der Waals surface area contributed by atoms with E-state index in [1.54, 1.807) is 24.4 Å². The van der Waals surface area contributed by atoms with Gasteiger partial charge in [-0.2, -0.15) is 0 Å². The van der Waals surface area contributed by atoms with Crippen LogP contribution in [0.1, 0.15) is 120 Å². The van der Waals surface area contributed by atoms with Crippen LogP contribution < -0.4 is 0 Å². The number of halogens is 1. The van der Waals surface area contributed by atoms with Gasteiger partial charge in [-0.25, -0.2) is 4.39 Å². The SMILES string of the molecule is CC[C@@H](C(=O)C(C)(C)[C@H](CC(=O)O)O[Si](C)(C)C(C)(C)C)[C@@H](O[Si](C)(C)C(C)(C)C)[C@@H](C)CCC/C(C)=C/C[C@H](O)/C(F)=C\c1ccccn1. The summed E-state index contributed by atoms with van der Waals surface area (Å²) in [5.74, 6) is -2.00. The van der Waals surface area contributed by atoms with Crippen molar-refractivity contribution in [1.82, 2.24) is 4.98 Å². The van der Waals surface area contributed by atoms with E-state index in [4.69, 9.17) is 8.85 Å². The molecular weight excluding hydrogens is 666 g/mol. The zero-order valence-corrected chi connectivity index (χ0v) is 35.9. The summed E-state index contributed by atoms with van der Waals surface area (Å²) in [6, 6.07) is 5.21. The molecule has 0 aromatic carbocycles. The van der Waals surface area contributed by atoms with Gasteiger partial charge in [0.1, 0.15) is 17.7 Å². The summed E-state index contributed by atoms with van der Waals surface area (Å²) in [6.45, 7) is 31.4. The minimum atomic E-state index is -2.40. The predicted octanol–water partition coefficient (Wildman–Crippen LogP) is 10.8. The molecule has 0 saturated heterocycles. The lowest BCUT2D eigenvalue weighted by atomic mass is 9.71. The van der Waals surface area contributed by atoms with E-state index >= 15 is 0 Å². The first kappa shape index (κ1) is 46.0. The molecule has 0 aliphatic carbocycles. The number of aromatic nitrogens is 1. The van der Waals surface area contributed by atoms with Gasteiger partial charge in [-0.15, -0.1) is 0 Å². The number of carbonyl (C=O) groups is 2. The molecule has 0 bridgehead atoms. The van der Waals surface area contributed by atoms with Crippen LogP contribution in [-0.2, 0) is 18.4 Å². The number of allylic oxidation sites excluding steroid dienone is 1. The van der Waals surface area contributed by atoms with Gasteiger partial charge in [0.2, 0.25) is 0 Å². The highest BCUT2D eigenvalue weighted by atomic mass is 28.4. The number of nitrogens with zero attached hydrogens (tertiary/aromatic N) is 1. The third-order valence-electron chi connectivity index (χ3n) is 11.2. The third-order valence-corrected chi connectivity index (χ3v) is 20.2. The van der Waals surface area contributed by atoms with Crippen molar-refractivity contribution >= 4 is 34.5 Å². The Labute approximate surface area is 305 Å². The number of ketones is 1. The minimum absolute atomic E-state index is 0.00799. The Kier molecular flexibility index (Phi) is 17.2. The van der Waals surface area contributed by atoms with Crippen LogP contribution in [0.2, 0.25) is 36.3 Å². The normalized spacial score (nSPS) is 17.2. The van der Waals surface area contributed by atoms with Crippen LogP contribution >= 0.6 is 0 Å². The number of hydrogen-bond donors (Lipinski definition) is 2. The summed E-state index contributed by atoms with van der Waals surface area (Å²) in [7, 11) is -4.71. The van der Waals surface area contributed by atoms with Gasteiger partial charge in [0.25, 0.3) is 0 Å². The van der Waals surface area contributed by atoms with Crippen molar-refractivity contribution in [3.8, 4) is 0 Å². The molecule has 10 heteroatoms. The smallest absolute Gasteiger partial charge is 0.305 e. The number of carboxylic acid groups (broad SMARTS) is 1. The van der Waals surface area contributed by atoms with Crippen molar-refractivity contribution in [2.75, 3.05) is 0 Å². The Bertz CT molecular complexity index is 1300. The zero-order valence-electron chi connectivity index (χ0n) is 33.9. The van der Waals surface area contributed by atoms with Gasteiger partial charge >= 0.3 is 5.97 Å². The largest absolute Gasteiger partial charge is 0.481 e. The maximum absolute atomic E-state index is 14.7. The van der Waals surface area contributed by atoms with E-state index in [0.717, 1.165) is 24.8 Å². The summed E-state index contributed by atoms with van der Waals surface area (Å²) in [5.41, 5.74) is 0.470.